The first-order valence-corrected chi connectivity index (χ1v) is 7.02. The molecular weight excluding hydrogens is 278 g/mol. The van der Waals surface area contributed by atoms with Crippen molar-refractivity contribution in [3.63, 3.8) is 0 Å². The highest BCUT2D eigenvalue weighted by atomic mass is 19.1. The van der Waals surface area contributed by atoms with Crippen LogP contribution in [0.2, 0.25) is 0 Å². The van der Waals surface area contributed by atoms with Gasteiger partial charge in [0, 0.05) is 6.07 Å². The molecule has 0 aliphatic rings. The molecule has 1 unspecified atom stereocenters. The summed E-state index contributed by atoms with van der Waals surface area (Å²) in [6.07, 6.45) is 1.86. The lowest BCUT2D eigenvalue weighted by Crippen LogP contribution is -2.53. The van der Waals surface area contributed by atoms with Gasteiger partial charge in [-0.2, -0.15) is 0 Å². The first-order valence-electron chi connectivity index (χ1n) is 7.02. The van der Waals surface area contributed by atoms with E-state index in [1.165, 1.54) is 0 Å². The highest BCUT2D eigenvalue weighted by Gasteiger charge is 2.28. The molecule has 0 aliphatic heterocycles. The molecule has 1 amide bonds. The number of likely N-dealkylation sites (N-methyl/N-ethyl adjacent to an activating group) is 1. The van der Waals surface area contributed by atoms with Crippen molar-refractivity contribution < 1.29 is 18.3 Å². The molecule has 0 aliphatic carbocycles. The van der Waals surface area contributed by atoms with Crippen LogP contribution < -0.4 is 15.8 Å². The Hall–Kier alpha value is -1.69. The largest absolute Gasteiger partial charge is 0.490 e. The van der Waals surface area contributed by atoms with Crippen LogP contribution in [0, 0.1) is 11.6 Å². The zero-order chi connectivity index (χ0) is 15.9. The van der Waals surface area contributed by atoms with Crippen molar-refractivity contribution >= 4 is 5.91 Å². The molecule has 4 nitrogen and oxygen atoms in total. The normalized spacial score (nSPS) is 13.7. The number of amides is 1. The molecule has 0 fully saturated rings. The third-order valence-corrected chi connectivity index (χ3v) is 3.33. The summed E-state index contributed by atoms with van der Waals surface area (Å²) in [5, 5.41) is 3.06. The van der Waals surface area contributed by atoms with Crippen molar-refractivity contribution in [3.05, 3.63) is 29.8 Å². The van der Waals surface area contributed by atoms with E-state index in [1.807, 2.05) is 6.92 Å². The summed E-state index contributed by atoms with van der Waals surface area (Å²) in [7, 11) is 0. The van der Waals surface area contributed by atoms with Crippen LogP contribution in [-0.2, 0) is 4.79 Å². The smallest absolute Gasteiger partial charge is 0.237 e. The van der Waals surface area contributed by atoms with E-state index in [0.717, 1.165) is 18.2 Å². The molecule has 1 aromatic rings. The molecule has 6 heteroatoms. The minimum atomic E-state index is -0.751. The minimum Gasteiger partial charge on any atom is -0.490 e. The van der Waals surface area contributed by atoms with Crippen LogP contribution in [0.25, 0.3) is 0 Å². The van der Waals surface area contributed by atoms with E-state index < -0.39 is 23.1 Å². The fourth-order valence-electron chi connectivity index (χ4n) is 2.04. The molecule has 0 radical (unpaired) electrons. The van der Waals surface area contributed by atoms with Crippen molar-refractivity contribution in [1.82, 2.24) is 5.32 Å². The Morgan fingerprint density at radius 2 is 2.10 bits per heavy atom. The lowest BCUT2D eigenvalue weighted by molar-refractivity contribution is -0.124. The number of unbranched alkanes of at least 4 members (excludes halogenated alkanes) is 1. The second-order valence-electron chi connectivity index (χ2n) is 5.11. The molecule has 0 saturated heterocycles. The van der Waals surface area contributed by atoms with Gasteiger partial charge in [-0.15, -0.1) is 0 Å². The molecule has 1 atom stereocenters. The van der Waals surface area contributed by atoms with Gasteiger partial charge in [0.2, 0.25) is 5.91 Å². The monoisotopic (exact) mass is 300 g/mol. The molecule has 0 saturated carbocycles. The van der Waals surface area contributed by atoms with Crippen LogP contribution >= 0.6 is 0 Å². The number of benzene rings is 1. The number of nitrogens with two attached hydrogens (primary N) is 1. The summed E-state index contributed by atoms with van der Waals surface area (Å²) < 4.78 is 31.5. The SMILES string of the molecule is CCNC(C)(CCCCOc1cc(F)ccc1F)C(N)=O. The summed E-state index contributed by atoms with van der Waals surface area (Å²) >= 11 is 0. The highest BCUT2D eigenvalue weighted by molar-refractivity contribution is 5.84. The lowest BCUT2D eigenvalue weighted by atomic mass is 9.94. The molecule has 1 aromatic carbocycles. The fourth-order valence-corrected chi connectivity index (χ4v) is 2.04. The van der Waals surface area contributed by atoms with Crippen LogP contribution in [0.1, 0.15) is 33.1 Å². The summed E-state index contributed by atoms with van der Waals surface area (Å²) in [6, 6.07) is 3.08. The van der Waals surface area contributed by atoms with Gasteiger partial charge in [-0.3, -0.25) is 4.79 Å². The van der Waals surface area contributed by atoms with Gasteiger partial charge in [-0.1, -0.05) is 6.92 Å². The molecule has 21 heavy (non-hydrogen) atoms. The third kappa shape index (κ3) is 5.30. The lowest BCUT2D eigenvalue weighted by Gasteiger charge is -2.26. The van der Waals surface area contributed by atoms with Crippen LogP contribution in [0.3, 0.4) is 0 Å². The van der Waals surface area contributed by atoms with Crippen molar-refractivity contribution in [1.29, 1.82) is 0 Å². The zero-order valence-corrected chi connectivity index (χ0v) is 12.4. The molecule has 0 heterocycles. The molecule has 1 rings (SSSR count). The maximum atomic E-state index is 13.3. The van der Waals surface area contributed by atoms with Gasteiger partial charge < -0.3 is 15.8 Å². The second-order valence-corrected chi connectivity index (χ2v) is 5.11. The van der Waals surface area contributed by atoms with Gasteiger partial charge in [0.25, 0.3) is 0 Å². The van der Waals surface area contributed by atoms with E-state index in [1.54, 1.807) is 6.92 Å². The maximum Gasteiger partial charge on any atom is 0.237 e. The van der Waals surface area contributed by atoms with E-state index in [0.29, 0.717) is 25.8 Å². The van der Waals surface area contributed by atoms with Gasteiger partial charge in [-0.25, -0.2) is 8.78 Å². The second kappa shape index (κ2) is 7.93. The Bertz CT molecular complexity index is 483. The van der Waals surface area contributed by atoms with Gasteiger partial charge in [0.05, 0.1) is 12.1 Å². The topological polar surface area (TPSA) is 64.3 Å². The molecular formula is C15H22F2N2O2. The predicted octanol–water partition coefficient (Wildman–Crippen LogP) is 2.37. The number of hydrogen-bond acceptors (Lipinski definition) is 3. The predicted molar refractivity (Wildman–Crippen MR) is 77.0 cm³/mol. The van der Waals surface area contributed by atoms with Gasteiger partial charge in [-0.05, 0) is 44.9 Å². The Labute approximate surface area is 123 Å². The number of halogens is 2. The Balaban J connectivity index is 2.37. The Morgan fingerprint density at radius 3 is 2.71 bits per heavy atom. The number of primary amides is 1. The molecule has 118 valence electrons. The summed E-state index contributed by atoms with van der Waals surface area (Å²) in [4.78, 5) is 11.4. The van der Waals surface area contributed by atoms with Crippen molar-refractivity contribution in [2.45, 2.75) is 38.6 Å². The number of carbonyl (C=O) groups is 1. The Morgan fingerprint density at radius 1 is 1.38 bits per heavy atom. The van der Waals surface area contributed by atoms with Crippen LogP contribution in [0.4, 0.5) is 8.78 Å². The number of hydrogen-bond donors (Lipinski definition) is 2. The number of rotatable bonds is 9. The summed E-state index contributed by atoms with van der Waals surface area (Å²) in [6.45, 7) is 4.55. The van der Waals surface area contributed by atoms with E-state index in [-0.39, 0.29) is 12.4 Å². The van der Waals surface area contributed by atoms with Gasteiger partial charge in [0.1, 0.15) is 5.82 Å². The van der Waals surface area contributed by atoms with E-state index in [4.69, 9.17) is 10.5 Å². The van der Waals surface area contributed by atoms with Crippen molar-refractivity contribution in [2.24, 2.45) is 5.73 Å². The first-order chi connectivity index (χ1) is 9.89. The number of ether oxygens (including phenoxy) is 1. The molecule has 3 N–H and O–H groups in total. The zero-order valence-electron chi connectivity index (χ0n) is 12.4. The Kier molecular flexibility index (Phi) is 6.55. The van der Waals surface area contributed by atoms with Gasteiger partial charge in [0.15, 0.2) is 11.6 Å². The van der Waals surface area contributed by atoms with Crippen molar-refractivity contribution in [2.75, 3.05) is 13.2 Å². The first kappa shape index (κ1) is 17.4. The van der Waals surface area contributed by atoms with E-state index in [9.17, 15) is 13.6 Å². The average molecular weight is 300 g/mol. The van der Waals surface area contributed by atoms with Crippen LogP contribution in [0.15, 0.2) is 18.2 Å². The third-order valence-electron chi connectivity index (χ3n) is 3.33. The molecule has 0 spiro atoms. The highest BCUT2D eigenvalue weighted by Crippen LogP contribution is 2.19. The fraction of sp³-hybridized carbons (Fsp3) is 0.533. The molecule has 0 bridgehead atoms. The molecule has 0 aromatic heterocycles. The van der Waals surface area contributed by atoms with Crippen molar-refractivity contribution in [3.8, 4) is 5.75 Å². The maximum absolute atomic E-state index is 13.3. The van der Waals surface area contributed by atoms with E-state index >= 15 is 0 Å². The minimum absolute atomic E-state index is 0.0978. The quantitative estimate of drug-likeness (QED) is 0.688. The number of carbonyl (C=O) groups excluding carboxylic acids is 1. The number of nitrogens with one attached hydrogen (secondary N) is 1. The van der Waals surface area contributed by atoms with Crippen LogP contribution in [-0.4, -0.2) is 24.6 Å². The van der Waals surface area contributed by atoms with E-state index in [2.05, 4.69) is 5.32 Å². The average Bonchev–Trinajstić information content (AvgIpc) is 2.42. The van der Waals surface area contributed by atoms with Gasteiger partial charge >= 0.3 is 0 Å². The van der Waals surface area contributed by atoms with Crippen LogP contribution in [0.5, 0.6) is 5.75 Å². The standard InChI is InChI=1S/C15H22F2N2O2/c1-3-19-15(2,14(18)20)8-4-5-9-21-13-10-11(16)6-7-12(13)17/h6-7,10,19H,3-5,8-9H2,1-2H3,(H2,18,20). The summed E-state index contributed by atoms with van der Waals surface area (Å²) in [5.41, 5.74) is 4.62. The summed E-state index contributed by atoms with van der Waals surface area (Å²) in [5.74, 6) is -1.63.